The van der Waals surface area contributed by atoms with E-state index in [1.54, 1.807) is 6.07 Å². The molecule has 0 fully saturated rings. The maximum atomic E-state index is 11.3. The van der Waals surface area contributed by atoms with E-state index < -0.39 is 0 Å². The minimum atomic E-state index is -0.363. The summed E-state index contributed by atoms with van der Waals surface area (Å²) in [5.74, 6) is -0.363. The molecule has 20 heavy (non-hydrogen) atoms. The molecule has 3 N–H and O–H groups in total. The third-order valence-corrected chi connectivity index (χ3v) is 3.74. The molecule has 0 radical (unpaired) electrons. The van der Waals surface area contributed by atoms with E-state index in [1.165, 1.54) is 32.1 Å². The van der Waals surface area contributed by atoms with Gasteiger partial charge in [0.15, 0.2) is 0 Å². The molecule has 0 saturated carbocycles. The summed E-state index contributed by atoms with van der Waals surface area (Å²) in [6, 6.07) is 6.08. The summed E-state index contributed by atoms with van der Waals surface area (Å²) < 4.78 is 0. The molecule has 0 spiro atoms. The number of carbonyl (C=O) groups is 1. The van der Waals surface area contributed by atoms with Crippen molar-refractivity contribution in [3.8, 4) is 0 Å². The van der Waals surface area contributed by atoms with Crippen molar-refractivity contribution in [2.45, 2.75) is 65.3 Å². The molecule has 0 aliphatic heterocycles. The molecule has 1 rings (SSSR count). The van der Waals surface area contributed by atoms with E-state index in [0.29, 0.717) is 11.6 Å². The number of rotatable bonds is 9. The third kappa shape index (κ3) is 5.24. The predicted octanol–water partition coefficient (Wildman–Crippen LogP) is 4.25. The molecule has 1 unspecified atom stereocenters. The van der Waals surface area contributed by atoms with Gasteiger partial charge in [0.1, 0.15) is 0 Å². The minimum Gasteiger partial charge on any atom is -0.382 e. The predicted molar refractivity (Wildman–Crippen MR) is 86.2 cm³/mol. The van der Waals surface area contributed by atoms with Gasteiger partial charge in [0.2, 0.25) is 5.91 Å². The van der Waals surface area contributed by atoms with Crippen molar-refractivity contribution in [2.24, 2.45) is 5.73 Å². The number of amides is 1. The first-order chi connectivity index (χ1) is 9.56. The number of nitrogens with two attached hydrogens (primary N) is 1. The van der Waals surface area contributed by atoms with Crippen LogP contribution in [-0.4, -0.2) is 11.9 Å². The molecule has 1 aromatic carbocycles. The maximum absolute atomic E-state index is 11.3. The molecule has 0 heterocycles. The zero-order valence-corrected chi connectivity index (χ0v) is 13.0. The lowest BCUT2D eigenvalue weighted by molar-refractivity contribution is 0.1000. The van der Waals surface area contributed by atoms with Gasteiger partial charge in [-0.15, -0.1) is 0 Å². The van der Waals surface area contributed by atoms with Gasteiger partial charge in [-0.2, -0.15) is 0 Å². The fourth-order valence-electron chi connectivity index (χ4n) is 2.45. The van der Waals surface area contributed by atoms with Crippen molar-refractivity contribution in [3.63, 3.8) is 0 Å². The number of anilines is 1. The zero-order chi connectivity index (χ0) is 15.0. The Balaban J connectivity index is 2.47. The van der Waals surface area contributed by atoms with Gasteiger partial charge in [-0.3, -0.25) is 4.79 Å². The highest BCUT2D eigenvalue weighted by Crippen LogP contribution is 2.20. The molecular weight excluding hydrogens is 248 g/mol. The van der Waals surface area contributed by atoms with Crippen molar-refractivity contribution in [2.75, 3.05) is 5.32 Å². The zero-order valence-electron chi connectivity index (χ0n) is 13.0. The number of primary amides is 1. The van der Waals surface area contributed by atoms with Crippen molar-refractivity contribution < 1.29 is 4.79 Å². The molecule has 0 aliphatic rings. The van der Waals surface area contributed by atoms with Crippen LogP contribution in [0.3, 0.4) is 0 Å². The fourth-order valence-corrected chi connectivity index (χ4v) is 2.45. The Bertz CT molecular complexity index is 429. The number of carbonyl (C=O) groups excluding carboxylic acids is 1. The molecule has 0 aliphatic carbocycles. The van der Waals surface area contributed by atoms with Gasteiger partial charge in [-0.1, -0.05) is 45.1 Å². The second-order valence-corrected chi connectivity index (χ2v) is 5.59. The van der Waals surface area contributed by atoms with Crippen LogP contribution >= 0.6 is 0 Å². The number of hydrogen-bond acceptors (Lipinski definition) is 2. The van der Waals surface area contributed by atoms with Gasteiger partial charge in [-0.05, 0) is 38.0 Å². The van der Waals surface area contributed by atoms with Gasteiger partial charge in [0.25, 0.3) is 0 Å². The molecule has 0 bridgehead atoms. The number of unbranched alkanes of at least 4 members (excludes halogenated alkanes) is 4. The highest BCUT2D eigenvalue weighted by atomic mass is 16.1. The average Bonchev–Trinajstić information content (AvgIpc) is 2.40. The average molecular weight is 276 g/mol. The summed E-state index contributed by atoms with van der Waals surface area (Å²) in [4.78, 5) is 11.3. The van der Waals surface area contributed by atoms with Crippen molar-refractivity contribution in [1.29, 1.82) is 0 Å². The molecule has 1 amide bonds. The van der Waals surface area contributed by atoms with Gasteiger partial charge in [-0.25, -0.2) is 0 Å². The van der Waals surface area contributed by atoms with Gasteiger partial charge in [0, 0.05) is 17.3 Å². The Kier molecular flexibility index (Phi) is 7.13. The summed E-state index contributed by atoms with van der Waals surface area (Å²) in [5.41, 5.74) is 7.93. The van der Waals surface area contributed by atoms with E-state index in [1.807, 2.05) is 19.1 Å². The minimum absolute atomic E-state index is 0.363. The van der Waals surface area contributed by atoms with Crippen molar-refractivity contribution >= 4 is 11.6 Å². The number of hydrogen-bond donors (Lipinski definition) is 2. The molecule has 3 heteroatoms. The van der Waals surface area contributed by atoms with Gasteiger partial charge >= 0.3 is 0 Å². The van der Waals surface area contributed by atoms with E-state index >= 15 is 0 Å². The fraction of sp³-hybridized carbons (Fsp3) is 0.588. The lowest BCUT2D eigenvalue weighted by Gasteiger charge is -2.18. The van der Waals surface area contributed by atoms with Crippen LogP contribution in [0.25, 0.3) is 0 Å². The highest BCUT2D eigenvalue weighted by Gasteiger charge is 2.10. The van der Waals surface area contributed by atoms with Crippen molar-refractivity contribution in [3.05, 3.63) is 29.3 Å². The number of nitrogens with one attached hydrogen (secondary N) is 1. The van der Waals surface area contributed by atoms with Crippen LogP contribution in [0, 0.1) is 6.92 Å². The first-order valence-electron chi connectivity index (χ1n) is 7.72. The topological polar surface area (TPSA) is 55.1 Å². The Morgan fingerprint density at radius 1 is 1.25 bits per heavy atom. The first-order valence-corrected chi connectivity index (χ1v) is 7.72. The maximum Gasteiger partial charge on any atom is 0.249 e. The Labute approximate surface area is 122 Å². The van der Waals surface area contributed by atoms with Crippen LogP contribution in [0.15, 0.2) is 18.2 Å². The van der Waals surface area contributed by atoms with Gasteiger partial charge < -0.3 is 11.1 Å². The number of benzene rings is 1. The SMILES string of the molecule is CCCCCCCC(C)Nc1cccc(C(N)=O)c1C. The second-order valence-electron chi connectivity index (χ2n) is 5.59. The Hall–Kier alpha value is -1.51. The summed E-state index contributed by atoms with van der Waals surface area (Å²) >= 11 is 0. The van der Waals surface area contributed by atoms with E-state index in [4.69, 9.17) is 5.73 Å². The summed E-state index contributed by atoms with van der Waals surface area (Å²) in [6.07, 6.45) is 7.67. The molecule has 3 nitrogen and oxygen atoms in total. The van der Waals surface area contributed by atoms with E-state index in [-0.39, 0.29) is 5.91 Å². The lowest BCUT2D eigenvalue weighted by Crippen LogP contribution is -2.18. The monoisotopic (exact) mass is 276 g/mol. The molecule has 1 atom stereocenters. The Morgan fingerprint density at radius 2 is 1.95 bits per heavy atom. The quantitative estimate of drug-likeness (QED) is 0.662. The normalized spacial score (nSPS) is 12.2. The summed E-state index contributed by atoms with van der Waals surface area (Å²) in [6.45, 7) is 6.37. The largest absolute Gasteiger partial charge is 0.382 e. The molecule has 112 valence electrons. The van der Waals surface area contributed by atoms with Crippen LogP contribution < -0.4 is 11.1 Å². The smallest absolute Gasteiger partial charge is 0.249 e. The first kappa shape index (κ1) is 16.5. The molecule has 1 aromatic rings. The van der Waals surface area contributed by atoms with Crippen LogP contribution in [0.5, 0.6) is 0 Å². The Morgan fingerprint density at radius 3 is 2.60 bits per heavy atom. The molecule has 0 aromatic heterocycles. The summed E-state index contributed by atoms with van der Waals surface area (Å²) in [7, 11) is 0. The van der Waals surface area contributed by atoms with Crippen LogP contribution in [0.4, 0.5) is 5.69 Å². The van der Waals surface area contributed by atoms with E-state index in [9.17, 15) is 4.79 Å². The van der Waals surface area contributed by atoms with Crippen LogP contribution in [-0.2, 0) is 0 Å². The molecule has 0 saturated heterocycles. The van der Waals surface area contributed by atoms with Crippen LogP contribution in [0.2, 0.25) is 0 Å². The third-order valence-electron chi connectivity index (χ3n) is 3.74. The lowest BCUT2D eigenvalue weighted by atomic mass is 10.0. The van der Waals surface area contributed by atoms with E-state index in [0.717, 1.165) is 17.7 Å². The van der Waals surface area contributed by atoms with Crippen molar-refractivity contribution in [1.82, 2.24) is 0 Å². The molecular formula is C17H28N2O. The highest BCUT2D eigenvalue weighted by molar-refractivity contribution is 5.95. The van der Waals surface area contributed by atoms with Crippen LogP contribution in [0.1, 0.15) is 68.3 Å². The summed E-state index contributed by atoms with van der Waals surface area (Å²) in [5, 5.41) is 3.49. The standard InChI is InChI=1S/C17H28N2O/c1-4-5-6-7-8-10-13(2)19-16-12-9-11-15(14(16)3)17(18)20/h9,11-13,19H,4-8,10H2,1-3H3,(H2,18,20). The van der Waals surface area contributed by atoms with Gasteiger partial charge in [0.05, 0.1) is 0 Å². The van der Waals surface area contributed by atoms with E-state index in [2.05, 4.69) is 19.2 Å². The second kappa shape index (κ2) is 8.62.